The zero-order valence-electron chi connectivity index (χ0n) is 10.9. The average molecular weight is 314 g/mol. The van der Waals surface area contributed by atoms with Crippen LogP contribution in [0.3, 0.4) is 0 Å². The lowest BCUT2D eigenvalue weighted by Gasteiger charge is -2.14. The standard InChI is InChI=1S/C13H13F3N4S/c14-13(15,16)11-3-2-9(8-10(11)12(17)21)18-5-7-20-6-1-4-19-20/h1-4,6,8,18H,5,7H2,(H2,17,21). The van der Waals surface area contributed by atoms with E-state index in [0.29, 0.717) is 18.8 Å². The van der Waals surface area contributed by atoms with Gasteiger partial charge in [0, 0.05) is 30.2 Å². The summed E-state index contributed by atoms with van der Waals surface area (Å²) in [5.74, 6) is 0. The first kappa shape index (κ1) is 15.3. The second kappa shape index (κ2) is 6.13. The molecule has 2 rings (SSSR count). The molecule has 0 bridgehead atoms. The van der Waals surface area contributed by atoms with Crippen LogP contribution in [0.1, 0.15) is 11.1 Å². The Labute approximate surface area is 124 Å². The number of anilines is 1. The van der Waals surface area contributed by atoms with Crippen molar-refractivity contribution in [2.24, 2.45) is 5.73 Å². The third kappa shape index (κ3) is 3.94. The van der Waals surface area contributed by atoms with Gasteiger partial charge in [-0.25, -0.2) is 0 Å². The fourth-order valence-electron chi connectivity index (χ4n) is 1.85. The summed E-state index contributed by atoms with van der Waals surface area (Å²) in [5, 5.41) is 7.04. The van der Waals surface area contributed by atoms with Gasteiger partial charge in [0.2, 0.25) is 0 Å². The second-order valence-corrected chi connectivity index (χ2v) is 4.76. The molecule has 0 unspecified atom stereocenters. The minimum absolute atomic E-state index is 0.179. The minimum atomic E-state index is -4.48. The third-order valence-corrected chi connectivity index (χ3v) is 3.04. The van der Waals surface area contributed by atoms with Crippen LogP contribution >= 0.6 is 12.2 Å². The van der Waals surface area contributed by atoms with E-state index < -0.39 is 11.7 Å². The zero-order chi connectivity index (χ0) is 15.5. The second-order valence-electron chi connectivity index (χ2n) is 4.32. The lowest BCUT2D eigenvalue weighted by atomic mass is 10.1. The SMILES string of the molecule is NC(=S)c1cc(NCCn2cccn2)ccc1C(F)(F)F. The highest BCUT2D eigenvalue weighted by atomic mass is 32.1. The van der Waals surface area contributed by atoms with E-state index in [4.69, 9.17) is 18.0 Å². The van der Waals surface area contributed by atoms with Crippen LogP contribution in [0, 0.1) is 0 Å². The van der Waals surface area contributed by atoms with Gasteiger partial charge < -0.3 is 11.1 Å². The summed E-state index contributed by atoms with van der Waals surface area (Å²) in [4.78, 5) is -0.280. The zero-order valence-corrected chi connectivity index (χ0v) is 11.7. The molecule has 0 aliphatic heterocycles. The Kier molecular flexibility index (Phi) is 4.46. The van der Waals surface area contributed by atoms with Crippen molar-refractivity contribution in [3.8, 4) is 0 Å². The van der Waals surface area contributed by atoms with E-state index in [0.717, 1.165) is 6.07 Å². The van der Waals surface area contributed by atoms with Gasteiger partial charge in [-0.3, -0.25) is 4.68 Å². The summed E-state index contributed by atoms with van der Waals surface area (Å²) in [6.45, 7) is 1.11. The number of thiocarbonyl (C=S) groups is 1. The summed E-state index contributed by atoms with van der Waals surface area (Å²) in [5.41, 5.74) is 4.90. The van der Waals surface area contributed by atoms with E-state index in [2.05, 4.69) is 10.4 Å². The molecule has 112 valence electrons. The summed E-state index contributed by atoms with van der Waals surface area (Å²) < 4.78 is 40.2. The maximum Gasteiger partial charge on any atom is 0.417 e. The molecule has 0 aliphatic carbocycles. The number of halogens is 3. The summed E-state index contributed by atoms with van der Waals surface area (Å²) in [6, 6.07) is 5.44. The predicted octanol–water partition coefficient (Wildman–Crippen LogP) is 2.65. The average Bonchev–Trinajstić information content (AvgIpc) is 2.90. The molecule has 0 atom stereocenters. The Morgan fingerprint density at radius 3 is 2.71 bits per heavy atom. The maximum absolute atomic E-state index is 12.8. The first-order valence-corrected chi connectivity index (χ1v) is 6.51. The number of aromatic nitrogens is 2. The van der Waals surface area contributed by atoms with Crippen LogP contribution in [0.4, 0.5) is 18.9 Å². The van der Waals surface area contributed by atoms with Crippen LogP contribution in [0.15, 0.2) is 36.7 Å². The van der Waals surface area contributed by atoms with Crippen molar-refractivity contribution in [1.82, 2.24) is 9.78 Å². The van der Waals surface area contributed by atoms with Crippen LogP contribution in [0.5, 0.6) is 0 Å². The fraction of sp³-hybridized carbons (Fsp3) is 0.231. The van der Waals surface area contributed by atoms with Gasteiger partial charge >= 0.3 is 6.18 Å². The van der Waals surface area contributed by atoms with E-state index in [-0.39, 0.29) is 10.6 Å². The molecule has 1 aromatic heterocycles. The number of hydrogen-bond donors (Lipinski definition) is 2. The summed E-state index contributed by atoms with van der Waals surface area (Å²) >= 11 is 4.69. The van der Waals surface area contributed by atoms with E-state index in [1.807, 2.05) is 0 Å². The first-order valence-electron chi connectivity index (χ1n) is 6.10. The fourth-order valence-corrected chi connectivity index (χ4v) is 2.02. The van der Waals surface area contributed by atoms with Crippen molar-refractivity contribution in [2.75, 3.05) is 11.9 Å². The number of nitrogens with one attached hydrogen (secondary N) is 1. The van der Waals surface area contributed by atoms with E-state index in [1.165, 1.54) is 12.1 Å². The molecule has 0 aliphatic rings. The number of alkyl halides is 3. The van der Waals surface area contributed by atoms with Gasteiger partial charge in [0.1, 0.15) is 4.99 Å². The van der Waals surface area contributed by atoms with Gasteiger partial charge in [-0.1, -0.05) is 12.2 Å². The summed E-state index contributed by atoms with van der Waals surface area (Å²) in [7, 11) is 0. The first-order chi connectivity index (χ1) is 9.88. The molecule has 21 heavy (non-hydrogen) atoms. The van der Waals surface area contributed by atoms with Crippen LogP contribution in [-0.4, -0.2) is 21.3 Å². The summed E-state index contributed by atoms with van der Waals surface area (Å²) in [6.07, 6.45) is -1.02. The highest BCUT2D eigenvalue weighted by Gasteiger charge is 2.33. The van der Waals surface area contributed by atoms with E-state index in [9.17, 15) is 13.2 Å². The van der Waals surface area contributed by atoms with Crippen LogP contribution < -0.4 is 11.1 Å². The number of nitrogens with two attached hydrogens (primary N) is 1. The molecule has 1 aromatic carbocycles. The Hall–Kier alpha value is -2.09. The number of rotatable bonds is 5. The van der Waals surface area contributed by atoms with Crippen LogP contribution in [-0.2, 0) is 12.7 Å². The van der Waals surface area contributed by atoms with Crippen molar-refractivity contribution in [3.63, 3.8) is 0 Å². The highest BCUT2D eigenvalue weighted by molar-refractivity contribution is 7.80. The molecule has 2 aromatic rings. The van der Waals surface area contributed by atoms with Crippen LogP contribution in [0.25, 0.3) is 0 Å². The van der Waals surface area contributed by atoms with Gasteiger partial charge in [-0.05, 0) is 24.3 Å². The third-order valence-electron chi connectivity index (χ3n) is 2.82. The maximum atomic E-state index is 12.8. The minimum Gasteiger partial charge on any atom is -0.389 e. The Morgan fingerprint density at radius 1 is 1.38 bits per heavy atom. The quantitative estimate of drug-likeness (QED) is 0.833. The monoisotopic (exact) mass is 314 g/mol. The molecular weight excluding hydrogens is 301 g/mol. The van der Waals surface area contributed by atoms with Gasteiger partial charge in [-0.2, -0.15) is 18.3 Å². The van der Waals surface area contributed by atoms with Gasteiger partial charge in [-0.15, -0.1) is 0 Å². The van der Waals surface area contributed by atoms with Crippen molar-refractivity contribution in [3.05, 3.63) is 47.8 Å². The molecule has 0 saturated heterocycles. The van der Waals surface area contributed by atoms with Crippen molar-refractivity contribution >= 4 is 22.9 Å². The molecule has 0 saturated carbocycles. The Morgan fingerprint density at radius 2 is 2.14 bits per heavy atom. The molecule has 8 heteroatoms. The van der Waals surface area contributed by atoms with Crippen molar-refractivity contribution in [1.29, 1.82) is 0 Å². The van der Waals surface area contributed by atoms with Crippen molar-refractivity contribution in [2.45, 2.75) is 12.7 Å². The lowest BCUT2D eigenvalue weighted by Crippen LogP contribution is -2.18. The van der Waals surface area contributed by atoms with Gasteiger partial charge in [0.15, 0.2) is 0 Å². The van der Waals surface area contributed by atoms with E-state index >= 15 is 0 Å². The molecule has 0 amide bonds. The molecule has 4 nitrogen and oxygen atoms in total. The molecular formula is C13H13F3N4S. The lowest BCUT2D eigenvalue weighted by molar-refractivity contribution is -0.137. The van der Waals surface area contributed by atoms with Crippen molar-refractivity contribution < 1.29 is 13.2 Å². The normalized spacial score (nSPS) is 11.4. The van der Waals surface area contributed by atoms with E-state index in [1.54, 1.807) is 23.1 Å². The number of benzene rings is 1. The topological polar surface area (TPSA) is 55.9 Å². The smallest absolute Gasteiger partial charge is 0.389 e. The molecule has 3 N–H and O–H groups in total. The number of nitrogens with zero attached hydrogens (tertiary/aromatic N) is 2. The molecule has 1 heterocycles. The van der Waals surface area contributed by atoms with Crippen LogP contribution in [0.2, 0.25) is 0 Å². The largest absolute Gasteiger partial charge is 0.417 e. The molecule has 0 spiro atoms. The highest BCUT2D eigenvalue weighted by Crippen LogP contribution is 2.33. The number of hydrogen-bond acceptors (Lipinski definition) is 3. The van der Waals surface area contributed by atoms with Gasteiger partial charge in [0.05, 0.1) is 12.1 Å². The molecule has 0 radical (unpaired) electrons. The Bertz CT molecular complexity index is 623. The molecule has 0 fully saturated rings. The predicted molar refractivity (Wildman–Crippen MR) is 78.0 cm³/mol. The Balaban J connectivity index is 2.11. The van der Waals surface area contributed by atoms with Gasteiger partial charge in [0.25, 0.3) is 0 Å².